The lowest BCUT2D eigenvalue weighted by atomic mass is 9.91. The van der Waals surface area contributed by atoms with E-state index in [0.29, 0.717) is 6.54 Å². The van der Waals surface area contributed by atoms with Gasteiger partial charge in [-0.05, 0) is 55.3 Å². The van der Waals surface area contributed by atoms with E-state index < -0.39 is 0 Å². The molecule has 1 aliphatic heterocycles. The Labute approximate surface area is 184 Å². The van der Waals surface area contributed by atoms with Gasteiger partial charge in [-0.3, -0.25) is 4.79 Å². The van der Waals surface area contributed by atoms with Crippen molar-refractivity contribution in [3.05, 3.63) is 57.8 Å². The van der Waals surface area contributed by atoms with E-state index in [1.165, 1.54) is 11.3 Å². The number of guanidine groups is 1. The molecule has 0 atom stereocenters. The van der Waals surface area contributed by atoms with Gasteiger partial charge in [-0.2, -0.15) is 0 Å². The molecule has 1 aromatic heterocycles. The summed E-state index contributed by atoms with van der Waals surface area (Å²) in [7, 11) is 0. The van der Waals surface area contributed by atoms with Crippen LogP contribution < -0.4 is 10.6 Å². The molecule has 30 heavy (non-hydrogen) atoms. The molecule has 1 saturated heterocycles. The minimum absolute atomic E-state index is 0.0425. The summed E-state index contributed by atoms with van der Waals surface area (Å²) in [5.41, 5.74) is 1.91. The van der Waals surface area contributed by atoms with Crippen LogP contribution in [0.4, 0.5) is 0 Å². The molecule has 2 heterocycles. The predicted octanol–water partition coefficient (Wildman–Crippen LogP) is 4.41. The van der Waals surface area contributed by atoms with Crippen molar-refractivity contribution in [2.75, 3.05) is 26.2 Å². The van der Waals surface area contributed by atoms with E-state index in [2.05, 4.69) is 48.9 Å². The number of likely N-dealkylation sites (tertiary alicyclic amines) is 1. The SMILES string of the molecule is CCNC(=NCc1ccc(C(=O)N2CCCCC2)cc1)NCC(C)(C)c1cccs1. The van der Waals surface area contributed by atoms with Gasteiger partial charge < -0.3 is 15.5 Å². The van der Waals surface area contributed by atoms with Crippen LogP contribution in [0.2, 0.25) is 0 Å². The van der Waals surface area contributed by atoms with Crippen LogP contribution >= 0.6 is 11.3 Å². The zero-order chi connectivity index (χ0) is 21.4. The number of carbonyl (C=O) groups excluding carboxylic acids is 1. The Hall–Kier alpha value is -2.34. The summed E-state index contributed by atoms with van der Waals surface area (Å²) in [6.45, 7) is 10.5. The van der Waals surface area contributed by atoms with Crippen LogP contribution in [0.25, 0.3) is 0 Å². The Kier molecular flexibility index (Phi) is 7.91. The number of rotatable bonds is 7. The molecule has 5 nitrogen and oxygen atoms in total. The summed E-state index contributed by atoms with van der Waals surface area (Å²) >= 11 is 1.79. The van der Waals surface area contributed by atoms with E-state index in [1.807, 2.05) is 29.2 Å². The highest BCUT2D eigenvalue weighted by Crippen LogP contribution is 2.26. The molecule has 6 heteroatoms. The largest absolute Gasteiger partial charge is 0.357 e. The van der Waals surface area contributed by atoms with Gasteiger partial charge in [0, 0.05) is 42.0 Å². The molecule has 0 unspecified atom stereocenters. The second kappa shape index (κ2) is 10.6. The van der Waals surface area contributed by atoms with Crippen molar-refractivity contribution in [2.24, 2.45) is 4.99 Å². The van der Waals surface area contributed by atoms with Crippen LogP contribution in [0.5, 0.6) is 0 Å². The van der Waals surface area contributed by atoms with Gasteiger partial charge in [0.05, 0.1) is 6.54 Å². The molecule has 0 radical (unpaired) electrons. The Bertz CT molecular complexity index is 821. The molecule has 0 aliphatic carbocycles. The minimum Gasteiger partial charge on any atom is -0.357 e. The van der Waals surface area contributed by atoms with E-state index in [-0.39, 0.29) is 11.3 Å². The lowest BCUT2D eigenvalue weighted by Gasteiger charge is -2.26. The van der Waals surface area contributed by atoms with Crippen LogP contribution in [0.1, 0.15) is 60.8 Å². The van der Waals surface area contributed by atoms with Crippen LogP contribution in [0.3, 0.4) is 0 Å². The second-order valence-corrected chi connectivity index (χ2v) is 9.41. The van der Waals surface area contributed by atoms with Gasteiger partial charge in [0.1, 0.15) is 0 Å². The molecule has 1 amide bonds. The quantitative estimate of drug-likeness (QED) is 0.509. The molecule has 2 aromatic rings. The Balaban J connectivity index is 1.58. The summed E-state index contributed by atoms with van der Waals surface area (Å²) in [6, 6.07) is 12.2. The van der Waals surface area contributed by atoms with Crippen LogP contribution in [-0.4, -0.2) is 42.9 Å². The fourth-order valence-electron chi connectivity index (χ4n) is 3.60. The first-order valence-corrected chi connectivity index (χ1v) is 11.8. The zero-order valence-electron chi connectivity index (χ0n) is 18.4. The third-order valence-corrected chi connectivity index (χ3v) is 6.73. The third kappa shape index (κ3) is 6.08. The van der Waals surface area contributed by atoms with Gasteiger partial charge in [-0.15, -0.1) is 11.3 Å². The number of hydrogen-bond donors (Lipinski definition) is 2. The number of thiophene rings is 1. The third-order valence-electron chi connectivity index (χ3n) is 5.49. The molecule has 2 N–H and O–H groups in total. The van der Waals surface area contributed by atoms with E-state index in [0.717, 1.165) is 56.1 Å². The number of amides is 1. The zero-order valence-corrected chi connectivity index (χ0v) is 19.2. The summed E-state index contributed by atoms with van der Waals surface area (Å²) in [4.78, 5) is 20.7. The van der Waals surface area contributed by atoms with Crippen LogP contribution in [-0.2, 0) is 12.0 Å². The van der Waals surface area contributed by atoms with Crippen molar-refractivity contribution in [2.45, 2.75) is 52.0 Å². The van der Waals surface area contributed by atoms with Gasteiger partial charge in [0.25, 0.3) is 5.91 Å². The summed E-state index contributed by atoms with van der Waals surface area (Å²) in [5, 5.41) is 8.92. The monoisotopic (exact) mass is 426 g/mol. The lowest BCUT2D eigenvalue weighted by molar-refractivity contribution is 0.0724. The topological polar surface area (TPSA) is 56.7 Å². The fourth-order valence-corrected chi connectivity index (χ4v) is 4.45. The van der Waals surface area contributed by atoms with Gasteiger partial charge in [0.2, 0.25) is 0 Å². The molecular weight excluding hydrogens is 392 g/mol. The van der Waals surface area contributed by atoms with E-state index in [4.69, 9.17) is 4.99 Å². The predicted molar refractivity (Wildman–Crippen MR) is 126 cm³/mol. The van der Waals surface area contributed by atoms with Crippen LogP contribution in [0.15, 0.2) is 46.8 Å². The highest BCUT2D eigenvalue weighted by Gasteiger charge is 2.22. The van der Waals surface area contributed by atoms with E-state index in [9.17, 15) is 4.79 Å². The van der Waals surface area contributed by atoms with Crippen molar-refractivity contribution < 1.29 is 4.79 Å². The average Bonchev–Trinajstić information content (AvgIpc) is 3.32. The normalized spacial score (nSPS) is 15.2. The Morgan fingerprint density at radius 1 is 1.10 bits per heavy atom. The number of nitrogens with one attached hydrogen (secondary N) is 2. The number of aliphatic imine (C=N–C) groups is 1. The van der Waals surface area contributed by atoms with Crippen molar-refractivity contribution in [3.63, 3.8) is 0 Å². The van der Waals surface area contributed by atoms with Gasteiger partial charge >= 0.3 is 0 Å². The summed E-state index contributed by atoms with van der Waals surface area (Å²) < 4.78 is 0. The maximum atomic E-state index is 12.6. The molecule has 3 rings (SSSR count). The number of hydrogen-bond acceptors (Lipinski definition) is 3. The first kappa shape index (κ1) is 22.3. The molecule has 1 aliphatic rings. The van der Waals surface area contributed by atoms with Crippen LogP contribution in [0, 0.1) is 0 Å². The molecule has 0 bridgehead atoms. The standard InChI is InChI=1S/C24H34N4OS/c1-4-25-23(27-18-24(2,3)21-9-8-16-30-21)26-17-19-10-12-20(13-11-19)22(29)28-14-6-5-7-15-28/h8-13,16H,4-7,14-15,17-18H2,1-3H3,(H2,25,26,27). The fraction of sp³-hybridized carbons (Fsp3) is 0.500. The Morgan fingerprint density at radius 3 is 2.47 bits per heavy atom. The van der Waals surface area contributed by atoms with Crippen molar-refractivity contribution in [3.8, 4) is 0 Å². The van der Waals surface area contributed by atoms with Crippen molar-refractivity contribution in [1.29, 1.82) is 0 Å². The Morgan fingerprint density at radius 2 is 1.83 bits per heavy atom. The lowest BCUT2D eigenvalue weighted by Crippen LogP contribution is -2.43. The second-order valence-electron chi connectivity index (χ2n) is 8.46. The smallest absolute Gasteiger partial charge is 0.253 e. The maximum absolute atomic E-state index is 12.6. The number of benzene rings is 1. The van der Waals surface area contributed by atoms with Gasteiger partial charge in [-0.1, -0.05) is 32.0 Å². The molecule has 1 fully saturated rings. The molecule has 0 saturated carbocycles. The van der Waals surface area contributed by atoms with Gasteiger partial charge in [0.15, 0.2) is 5.96 Å². The highest BCUT2D eigenvalue weighted by molar-refractivity contribution is 7.10. The number of piperidine rings is 1. The maximum Gasteiger partial charge on any atom is 0.253 e. The number of carbonyl (C=O) groups is 1. The molecule has 0 spiro atoms. The van der Waals surface area contributed by atoms with E-state index in [1.54, 1.807) is 11.3 Å². The average molecular weight is 427 g/mol. The molecular formula is C24H34N4OS. The number of nitrogens with zero attached hydrogens (tertiary/aromatic N) is 2. The molecule has 1 aromatic carbocycles. The highest BCUT2D eigenvalue weighted by atomic mass is 32.1. The van der Waals surface area contributed by atoms with Gasteiger partial charge in [-0.25, -0.2) is 4.99 Å². The minimum atomic E-state index is 0.0425. The summed E-state index contributed by atoms with van der Waals surface area (Å²) in [6.07, 6.45) is 3.46. The summed E-state index contributed by atoms with van der Waals surface area (Å²) in [5.74, 6) is 0.964. The van der Waals surface area contributed by atoms with Crippen molar-refractivity contribution >= 4 is 23.2 Å². The van der Waals surface area contributed by atoms with E-state index >= 15 is 0 Å². The molecule has 162 valence electrons. The first-order valence-electron chi connectivity index (χ1n) is 10.9. The van der Waals surface area contributed by atoms with Crippen molar-refractivity contribution in [1.82, 2.24) is 15.5 Å². The first-order chi connectivity index (χ1) is 14.5.